The summed E-state index contributed by atoms with van der Waals surface area (Å²) >= 11 is 0. The number of likely N-dealkylation sites (tertiary alicyclic amines) is 1. The lowest BCUT2D eigenvalue weighted by Crippen LogP contribution is -2.71. The van der Waals surface area contributed by atoms with Crippen LogP contribution >= 0.6 is 0 Å². The number of carbonyl (C=O) groups is 2. The van der Waals surface area contributed by atoms with Gasteiger partial charge in [-0.3, -0.25) is 9.69 Å². The van der Waals surface area contributed by atoms with Gasteiger partial charge in [0.25, 0.3) is 0 Å². The lowest BCUT2D eigenvalue weighted by molar-refractivity contribution is -0.154. The highest BCUT2D eigenvalue weighted by Gasteiger charge is 2.56. The molecule has 106 valence electrons. The van der Waals surface area contributed by atoms with Crippen LogP contribution in [0.2, 0.25) is 0 Å². The number of amides is 1. The minimum atomic E-state index is -0.661. The van der Waals surface area contributed by atoms with Gasteiger partial charge in [-0.15, -0.1) is 0 Å². The van der Waals surface area contributed by atoms with E-state index in [1.165, 1.54) is 0 Å². The van der Waals surface area contributed by atoms with Gasteiger partial charge in [0.2, 0.25) is 0 Å². The fourth-order valence-corrected chi connectivity index (χ4v) is 2.80. The molecule has 1 aromatic rings. The molecule has 5 nitrogen and oxygen atoms in total. The van der Waals surface area contributed by atoms with Crippen molar-refractivity contribution in [3.05, 3.63) is 35.9 Å². The summed E-state index contributed by atoms with van der Waals surface area (Å²) in [5.74, 6) is 0.123. The minimum absolute atomic E-state index is 0.123. The number of ether oxygens (including phenoxy) is 2. The molecule has 2 aliphatic heterocycles. The molecule has 0 saturated carbocycles. The molecule has 0 radical (unpaired) electrons. The standard InChI is InChI=1S/C15H17NO4/c17-13-10-16(15(13)6-8-19-9-7-15)14(18)20-11-12-4-2-1-3-5-12/h1-5H,6-11H2. The predicted molar refractivity (Wildman–Crippen MR) is 71.1 cm³/mol. The van der Waals surface area contributed by atoms with Crippen LogP contribution in [0.3, 0.4) is 0 Å². The van der Waals surface area contributed by atoms with E-state index in [-0.39, 0.29) is 18.9 Å². The molecule has 0 N–H and O–H groups in total. The van der Waals surface area contributed by atoms with E-state index in [1.54, 1.807) is 4.90 Å². The van der Waals surface area contributed by atoms with E-state index in [4.69, 9.17) is 9.47 Å². The maximum Gasteiger partial charge on any atom is 0.411 e. The number of benzene rings is 1. The molecule has 2 aliphatic rings. The highest BCUT2D eigenvalue weighted by molar-refractivity contribution is 6.01. The summed E-state index contributed by atoms with van der Waals surface area (Å²) in [4.78, 5) is 25.6. The summed E-state index contributed by atoms with van der Waals surface area (Å²) in [6.07, 6.45) is 0.744. The van der Waals surface area contributed by atoms with Crippen molar-refractivity contribution in [2.24, 2.45) is 0 Å². The van der Waals surface area contributed by atoms with Crippen molar-refractivity contribution in [3.63, 3.8) is 0 Å². The fraction of sp³-hybridized carbons (Fsp3) is 0.467. The Morgan fingerprint density at radius 1 is 1.25 bits per heavy atom. The second kappa shape index (κ2) is 5.25. The van der Waals surface area contributed by atoms with Crippen molar-refractivity contribution in [1.82, 2.24) is 4.90 Å². The van der Waals surface area contributed by atoms with Crippen molar-refractivity contribution < 1.29 is 19.1 Å². The van der Waals surface area contributed by atoms with Gasteiger partial charge in [0.05, 0.1) is 6.54 Å². The Bertz CT molecular complexity index is 508. The van der Waals surface area contributed by atoms with Gasteiger partial charge >= 0.3 is 6.09 Å². The molecule has 0 aliphatic carbocycles. The first-order valence-corrected chi connectivity index (χ1v) is 6.82. The van der Waals surface area contributed by atoms with E-state index in [1.807, 2.05) is 30.3 Å². The van der Waals surface area contributed by atoms with Crippen molar-refractivity contribution in [1.29, 1.82) is 0 Å². The van der Waals surface area contributed by atoms with Gasteiger partial charge < -0.3 is 9.47 Å². The van der Waals surface area contributed by atoms with Crippen LogP contribution in [0, 0.1) is 0 Å². The van der Waals surface area contributed by atoms with E-state index in [0.29, 0.717) is 26.1 Å². The van der Waals surface area contributed by atoms with Gasteiger partial charge in [0.15, 0.2) is 5.78 Å². The maximum absolute atomic E-state index is 12.1. The molecule has 2 heterocycles. The van der Waals surface area contributed by atoms with Crippen LogP contribution in [-0.4, -0.2) is 42.1 Å². The molecular formula is C15H17NO4. The first kappa shape index (κ1) is 13.1. The Balaban J connectivity index is 1.61. The summed E-state index contributed by atoms with van der Waals surface area (Å²) in [7, 11) is 0. The zero-order valence-electron chi connectivity index (χ0n) is 11.2. The first-order valence-electron chi connectivity index (χ1n) is 6.82. The van der Waals surface area contributed by atoms with Crippen molar-refractivity contribution in [2.45, 2.75) is 25.0 Å². The third-order valence-corrected chi connectivity index (χ3v) is 4.08. The van der Waals surface area contributed by atoms with Gasteiger partial charge in [0.1, 0.15) is 12.1 Å². The SMILES string of the molecule is O=C(OCc1ccccc1)N1CC(=O)C12CCOCC2. The molecule has 1 spiro atoms. The minimum Gasteiger partial charge on any atom is -0.445 e. The Labute approximate surface area is 117 Å². The predicted octanol–water partition coefficient (Wildman–Crippen LogP) is 1.76. The highest BCUT2D eigenvalue weighted by atomic mass is 16.6. The van der Waals surface area contributed by atoms with E-state index >= 15 is 0 Å². The summed E-state index contributed by atoms with van der Waals surface area (Å²) in [5, 5.41) is 0. The summed E-state index contributed by atoms with van der Waals surface area (Å²) in [6.45, 7) is 1.44. The Morgan fingerprint density at radius 2 is 1.95 bits per heavy atom. The number of Topliss-reactive ketones (excluding diaryl/α,β-unsaturated/α-hetero) is 1. The van der Waals surface area contributed by atoms with Gasteiger partial charge in [0, 0.05) is 26.1 Å². The van der Waals surface area contributed by atoms with Crippen molar-refractivity contribution >= 4 is 11.9 Å². The average Bonchev–Trinajstić information content (AvgIpc) is 2.52. The highest BCUT2D eigenvalue weighted by Crippen LogP contribution is 2.37. The fourth-order valence-electron chi connectivity index (χ4n) is 2.80. The number of carbonyl (C=O) groups excluding carboxylic acids is 2. The first-order chi connectivity index (χ1) is 9.72. The van der Waals surface area contributed by atoms with Crippen LogP contribution < -0.4 is 0 Å². The second-order valence-corrected chi connectivity index (χ2v) is 5.19. The van der Waals surface area contributed by atoms with Crippen LogP contribution in [0.5, 0.6) is 0 Å². The van der Waals surface area contributed by atoms with Gasteiger partial charge in [-0.2, -0.15) is 0 Å². The average molecular weight is 275 g/mol. The summed E-state index contributed by atoms with van der Waals surface area (Å²) in [5.41, 5.74) is 0.278. The van der Waals surface area contributed by atoms with Crippen molar-refractivity contribution in [2.75, 3.05) is 19.8 Å². The molecule has 20 heavy (non-hydrogen) atoms. The zero-order chi connectivity index (χ0) is 14.0. The lowest BCUT2D eigenvalue weighted by Gasteiger charge is -2.51. The number of hydrogen-bond acceptors (Lipinski definition) is 4. The number of ketones is 1. The lowest BCUT2D eigenvalue weighted by atomic mass is 9.77. The van der Waals surface area contributed by atoms with Crippen LogP contribution in [0.1, 0.15) is 18.4 Å². The normalized spacial score (nSPS) is 20.6. The van der Waals surface area contributed by atoms with Crippen molar-refractivity contribution in [3.8, 4) is 0 Å². The molecule has 5 heteroatoms. The third kappa shape index (κ3) is 2.18. The summed E-state index contributed by atoms with van der Waals surface area (Å²) < 4.78 is 10.6. The largest absolute Gasteiger partial charge is 0.445 e. The number of nitrogens with zero attached hydrogens (tertiary/aromatic N) is 1. The summed E-state index contributed by atoms with van der Waals surface area (Å²) in [6, 6.07) is 9.51. The molecule has 1 amide bonds. The Morgan fingerprint density at radius 3 is 2.60 bits per heavy atom. The molecular weight excluding hydrogens is 258 g/mol. The molecule has 0 bridgehead atoms. The topological polar surface area (TPSA) is 55.8 Å². The molecule has 0 aromatic heterocycles. The Hall–Kier alpha value is -1.88. The Kier molecular flexibility index (Phi) is 3.44. The van der Waals surface area contributed by atoms with E-state index in [9.17, 15) is 9.59 Å². The molecule has 2 fully saturated rings. The van der Waals surface area contributed by atoms with Crippen LogP contribution in [0.25, 0.3) is 0 Å². The van der Waals surface area contributed by atoms with Gasteiger partial charge in [-0.05, 0) is 5.56 Å². The molecule has 0 atom stereocenters. The van der Waals surface area contributed by atoms with Gasteiger partial charge in [-0.25, -0.2) is 4.79 Å². The quantitative estimate of drug-likeness (QED) is 0.825. The maximum atomic E-state index is 12.1. The van der Waals surface area contributed by atoms with E-state index in [2.05, 4.69) is 0 Å². The third-order valence-electron chi connectivity index (χ3n) is 4.08. The monoisotopic (exact) mass is 275 g/mol. The molecule has 0 unspecified atom stereocenters. The van der Waals surface area contributed by atoms with Gasteiger partial charge in [-0.1, -0.05) is 30.3 Å². The molecule has 2 saturated heterocycles. The van der Waals surface area contributed by atoms with Crippen LogP contribution in [-0.2, 0) is 20.9 Å². The van der Waals surface area contributed by atoms with E-state index in [0.717, 1.165) is 5.56 Å². The molecule has 3 rings (SSSR count). The molecule has 1 aromatic carbocycles. The zero-order valence-corrected chi connectivity index (χ0v) is 11.2. The number of rotatable bonds is 2. The smallest absolute Gasteiger partial charge is 0.411 e. The van der Waals surface area contributed by atoms with Crippen LogP contribution in [0.4, 0.5) is 4.79 Å². The second-order valence-electron chi connectivity index (χ2n) is 5.19. The number of hydrogen-bond donors (Lipinski definition) is 0. The van der Waals surface area contributed by atoms with Crippen LogP contribution in [0.15, 0.2) is 30.3 Å². The van der Waals surface area contributed by atoms with E-state index < -0.39 is 11.6 Å².